The molecular weight excluding hydrogens is 286 g/mol. The second-order valence-electron chi connectivity index (χ2n) is 5.65. The third-order valence-electron chi connectivity index (χ3n) is 4.33. The summed E-state index contributed by atoms with van der Waals surface area (Å²) in [4.78, 5) is 8.60. The minimum atomic E-state index is -0.450. The van der Waals surface area contributed by atoms with Crippen LogP contribution in [0, 0.1) is 11.6 Å². The fourth-order valence-electron chi connectivity index (χ4n) is 3.25. The van der Waals surface area contributed by atoms with Crippen molar-refractivity contribution in [2.45, 2.75) is 24.8 Å². The molecule has 0 bridgehead atoms. The highest BCUT2D eigenvalue weighted by Crippen LogP contribution is 2.33. The molecule has 2 heterocycles. The Kier molecular flexibility index (Phi) is 2.94. The molecule has 3 aromatic rings. The van der Waals surface area contributed by atoms with Crippen LogP contribution >= 0.6 is 0 Å². The summed E-state index contributed by atoms with van der Waals surface area (Å²) in [5.41, 5.74) is 9.23. The van der Waals surface area contributed by atoms with E-state index in [2.05, 4.69) is 9.97 Å². The van der Waals surface area contributed by atoms with Crippen molar-refractivity contribution >= 4 is 5.65 Å². The van der Waals surface area contributed by atoms with Crippen LogP contribution in [0.3, 0.4) is 0 Å². The maximum atomic E-state index is 14.1. The van der Waals surface area contributed by atoms with E-state index in [-0.39, 0.29) is 12.0 Å². The van der Waals surface area contributed by atoms with E-state index in [0.717, 1.165) is 29.2 Å². The van der Waals surface area contributed by atoms with Crippen LogP contribution in [-0.2, 0) is 12.8 Å². The lowest BCUT2D eigenvalue weighted by atomic mass is 9.80. The summed E-state index contributed by atoms with van der Waals surface area (Å²) in [6, 6.07) is 3.23. The zero-order chi connectivity index (χ0) is 15.3. The highest BCUT2D eigenvalue weighted by atomic mass is 19.1. The first-order valence-electron chi connectivity index (χ1n) is 7.14. The van der Waals surface area contributed by atoms with Gasteiger partial charge in [-0.25, -0.2) is 13.8 Å². The van der Waals surface area contributed by atoms with Crippen LogP contribution in [-0.4, -0.2) is 20.4 Å². The van der Waals surface area contributed by atoms with Gasteiger partial charge in [-0.2, -0.15) is 0 Å². The van der Waals surface area contributed by atoms with Crippen LogP contribution in [0.4, 0.5) is 8.78 Å². The molecule has 0 spiro atoms. The van der Waals surface area contributed by atoms with Gasteiger partial charge < -0.3 is 10.1 Å². The van der Waals surface area contributed by atoms with Crippen molar-refractivity contribution in [3.05, 3.63) is 65.4 Å². The van der Waals surface area contributed by atoms with Crippen molar-refractivity contribution in [3.63, 3.8) is 0 Å². The average Bonchev–Trinajstić information content (AvgIpc) is 2.87. The molecule has 2 N–H and O–H groups in total. The van der Waals surface area contributed by atoms with Crippen LogP contribution in [0.2, 0.25) is 0 Å². The summed E-state index contributed by atoms with van der Waals surface area (Å²) in [5, 5.41) is 0. The standard InChI is InChI=1S/C16H14F2N4/c17-9-1-2-12(18)10(5-9)11-6-14-15(7-13(11)19)22-4-3-20-8-16(22)21-14/h1-5,8,11,13H,6-7,19H2/t11-,13+/m1/s1. The van der Waals surface area contributed by atoms with Gasteiger partial charge in [0.05, 0.1) is 11.9 Å². The minimum absolute atomic E-state index is 0.277. The number of aromatic nitrogens is 3. The number of fused-ring (bicyclic) bond motifs is 3. The second-order valence-corrected chi connectivity index (χ2v) is 5.65. The number of nitrogens with zero attached hydrogens (tertiary/aromatic N) is 3. The lowest BCUT2D eigenvalue weighted by Crippen LogP contribution is -2.36. The number of hydrogen-bond acceptors (Lipinski definition) is 3. The lowest BCUT2D eigenvalue weighted by molar-refractivity contribution is 0.460. The van der Waals surface area contributed by atoms with Crippen molar-refractivity contribution in [1.29, 1.82) is 0 Å². The molecule has 4 nitrogen and oxygen atoms in total. The van der Waals surface area contributed by atoms with E-state index in [1.165, 1.54) is 6.07 Å². The molecule has 0 amide bonds. The highest BCUT2D eigenvalue weighted by Gasteiger charge is 2.32. The molecular formula is C16H14F2N4. The number of rotatable bonds is 1. The molecule has 1 aliphatic carbocycles. The molecule has 1 aromatic carbocycles. The van der Waals surface area contributed by atoms with E-state index in [1.54, 1.807) is 12.4 Å². The summed E-state index contributed by atoms with van der Waals surface area (Å²) in [6.07, 6.45) is 6.29. The van der Waals surface area contributed by atoms with Gasteiger partial charge in [0.1, 0.15) is 11.6 Å². The van der Waals surface area contributed by atoms with Gasteiger partial charge in [0, 0.05) is 36.5 Å². The van der Waals surface area contributed by atoms with E-state index in [0.29, 0.717) is 18.4 Å². The quantitative estimate of drug-likeness (QED) is 0.749. The second kappa shape index (κ2) is 4.84. The van der Waals surface area contributed by atoms with Gasteiger partial charge in [-0.15, -0.1) is 0 Å². The zero-order valence-electron chi connectivity index (χ0n) is 11.7. The van der Waals surface area contributed by atoms with Gasteiger partial charge in [-0.3, -0.25) is 4.98 Å². The van der Waals surface area contributed by atoms with Crippen LogP contribution < -0.4 is 5.73 Å². The Balaban J connectivity index is 1.80. The van der Waals surface area contributed by atoms with Gasteiger partial charge in [0.15, 0.2) is 5.65 Å². The fraction of sp³-hybridized carbons (Fsp3) is 0.250. The zero-order valence-corrected chi connectivity index (χ0v) is 11.7. The predicted molar refractivity (Wildman–Crippen MR) is 77.5 cm³/mol. The molecule has 0 radical (unpaired) electrons. The Morgan fingerprint density at radius 3 is 2.95 bits per heavy atom. The smallest absolute Gasteiger partial charge is 0.155 e. The molecule has 6 heteroatoms. The summed E-state index contributed by atoms with van der Waals surface area (Å²) >= 11 is 0. The van der Waals surface area contributed by atoms with Gasteiger partial charge in [0.2, 0.25) is 0 Å². The van der Waals surface area contributed by atoms with Crippen molar-refractivity contribution in [2.75, 3.05) is 0 Å². The van der Waals surface area contributed by atoms with Crippen LogP contribution in [0.1, 0.15) is 22.9 Å². The molecule has 2 aromatic heterocycles. The Labute approximate surface area is 125 Å². The first kappa shape index (κ1) is 13.3. The summed E-state index contributed by atoms with van der Waals surface area (Å²) in [5.74, 6) is -1.15. The summed E-state index contributed by atoms with van der Waals surface area (Å²) in [6.45, 7) is 0. The largest absolute Gasteiger partial charge is 0.327 e. The van der Waals surface area contributed by atoms with Gasteiger partial charge in [0.25, 0.3) is 0 Å². The molecule has 4 rings (SSSR count). The molecule has 22 heavy (non-hydrogen) atoms. The summed E-state index contributed by atoms with van der Waals surface area (Å²) in [7, 11) is 0. The third-order valence-corrected chi connectivity index (χ3v) is 4.33. The topological polar surface area (TPSA) is 56.2 Å². The number of halogens is 2. The van der Waals surface area contributed by atoms with Crippen molar-refractivity contribution in [2.24, 2.45) is 5.73 Å². The molecule has 0 unspecified atom stereocenters. The normalized spacial score (nSPS) is 21.0. The van der Waals surface area contributed by atoms with E-state index >= 15 is 0 Å². The van der Waals surface area contributed by atoms with Crippen molar-refractivity contribution in [3.8, 4) is 0 Å². The number of benzene rings is 1. The van der Waals surface area contributed by atoms with Gasteiger partial charge >= 0.3 is 0 Å². The van der Waals surface area contributed by atoms with E-state index in [9.17, 15) is 8.78 Å². The maximum absolute atomic E-state index is 14.1. The molecule has 0 fully saturated rings. The van der Waals surface area contributed by atoms with Crippen LogP contribution in [0.15, 0.2) is 36.8 Å². The number of imidazole rings is 1. The number of hydrogen-bond donors (Lipinski definition) is 1. The first-order chi connectivity index (χ1) is 10.6. The average molecular weight is 300 g/mol. The SMILES string of the molecule is N[C@H]1Cc2c(nc3cnccn23)C[C@@H]1c1cc(F)ccc1F. The highest BCUT2D eigenvalue weighted by molar-refractivity contribution is 5.43. The molecule has 0 saturated carbocycles. The van der Waals surface area contributed by atoms with Crippen LogP contribution in [0.25, 0.3) is 5.65 Å². The Morgan fingerprint density at radius 2 is 2.09 bits per heavy atom. The first-order valence-corrected chi connectivity index (χ1v) is 7.14. The number of nitrogens with two attached hydrogens (primary N) is 1. The molecule has 0 saturated heterocycles. The van der Waals surface area contributed by atoms with E-state index in [4.69, 9.17) is 5.73 Å². The Hall–Kier alpha value is -2.34. The van der Waals surface area contributed by atoms with Gasteiger partial charge in [-0.05, 0) is 30.2 Å². The van der Waals surface area contributed by atoms with Crippen molar-refractivity contribution < 1.29 is 8.78 Å². The van der Waals surface area contributed by atoms with E-state index < -0.39 is 11.6 Å². The fourth-order valence-corrected chi connectivity index (χ4v) is 3.25. The Morgan fingerprint density at radius 1 is 1.23 bits per heavy atom. The summed E-state index contributed by atoms with van der Waals surface area (Å²) < 4.78 is 29.5. The van der Waals surface area contributed by atoms with Crippen molar-refractivity contribution in [1.82, 2.24) is 14.4 Å². The third kappa shape index (κ3) is 1.99. The van der Waals surface area contributed by atoms with Crippen LogP contribution in [0.5, 0.6) is 0 Å². The minimum Gasteiger partial charge on any atom is -0.327 e. The maximum Gasteiger partial charge on any atom is 0.155 e. The predicted octanol–water partition coefficient (Wildman–Crippen LogP) is 2.22. The lowest BCUT2D eigenvalue weighted by Gasteiger charge is -2.29. The van der Waals surface area contributed by atoms with E-state index in [1.807, 2.05) is 10.6 Å². The monoisotopic (exact) mass is 300 g/mol. The molecule has 1 aliphatic rings. The molecule has 2 atom stereocenters. The Bertz CT molecular complexity index is 858. The molecule has 0 aliphatic heterocycles. The van der Waals surface area contributed by atoms with Gasteiger partial charge in [-0.1, -0.05) is 0 Å². The molecule has 112 valence electrons.